The van der Waals surface area contributed by atoms with E-state index in [4.69, 9.17) is 9.84 Å². The summed E-state index contributed by atoms with van der Waals surface area (Å²) in [7, 11) is 5.68. The lowest BCUT2D eigenvalue weighted by atomic mass is 10.1. The second-order valence-electron chi connectivity index (χ2n) is 5.03. The lowest BCUT2D eigenvalue weighted by Gasteiger charge is -2.31. The molecule has 100 valence electrons. The molecule has 1 fully saturated rings. The molecule has 0 bridgehead atoms. The molecule has 0 aromatic heterocycles. The highest BCUT2D eigenvalue weighted by atomic mass is 16.5. The average molecular weight is 244 g/mol. The number of aliphatic carboxylic acids is 1. The Morgan fingerprint density at radius 3 is 2.47 bits per heavy atom. The van der Waals surface area contributed by atoms with Gasteiger partial charge in [0.25, 0.3) is 0 Å². The molecule has 5 nitrogen and oxygen atoms in total. The molecule has 0 aromatic rings. The molecule has 0 radical (unpaired) electrons. The molecule has 0 aromatic carbocycles. The Labute approximate surface area is 103 Å². The van der Waals surface area contributed by atoms with Gasteiger partial charge in [-0.15, -0.1) is 0 Å². The molecule has 1 saturated carbocycles. The predicted octanol–water partition coefficient (Wildman–Crippen LogP) is 0.360. The zero-order valence-electron chi connectivity index (χ0n) is 11.1. The molecule has 1 unspecified atom stereocenters. The molecule has 17 heavy (non-hydrogen) atoms. The summed E-state index contributed by atoms with van der Waals surface area (Å²) in [6.45, 7) is 2.40. The molecular formula is C12H24N2O3. The van der Waals surface area contributed by atoms with Gasteiger partial charge in [0.2, 0.25) is 0 Å². The zero-order valence-corrected chi connectivity index (χ0v) is 11.1. The maximum atomic E-state index is 10.9. The van der Waals surface area contributed by atoms with Gasteiger partial charge in [-0.05, 0) is 32.9 Å². The quantitative estimate of drug-likeness (QED) is 0.634. The van der Waals surface area contributed by atoms with Gasteiger partial charge in [-0.2, -0.15) is 0 Å². The van der Waals surface area contributed by atoms with Gasteiger partial charge in [-0.25, -0.2) is 0 Å². The van der Waals surface area contributed by atoms with Crippen LogP contribution in [0.1, 0.15) is 12.8 Å². The smallest absolute Gasteiger partial charge is 0.317 e. The zero-order chi connectivity index (χ0) is 12.8. The van der Waals surface area contributed by atoms with Gasteiger partial charge in [-0.3, -0.25) is 9.69 Å². The molecule has 1 aliphatic carbocycles. The third kappa shape index (κ3) is 5.48. The number of carboxylic acid groups (broad SMARTS) is 1. The third-order valence-corrected chi connectivity index (χ3v) is 3.15. The second kappa shape index (κ2) is 6.93. The van der Waals surface area contributed by atoms with E-state index >= 15 is 0 Å². The molecule has 5 heteroatoms. The van der Waals surface area contributed by atoms with Gasteiger partial charge in [-0.1, -0.05) is 0 Å². The number of likely N-dealkylation sites (N-methyl/N-ethyl adjacent to an activating group) is 1. The molecule has 1 rings (SSSR count). The number of hydrogen-bond acceptors (Lipinski definition) is 4. The molecule has 1 N–H and O–H groups in total. The van der Waals surface area contributed by atoms with Crippen LogP contribution in [-0.2, 0) is 9.53 Å². The number of rotatable bonds is 9. The fourth-order valence-electron chi connectivity index (χ4n) is 2.06. The van der Waals surface area contributed by atoms with Gasteiger partial charge in [0, 0.05) is 26.2 Å². The summed E-state index contributed by atoms with van der Waals surface area (Å²) in [6.07, 6.45) is 2.40. The van der Waals surface area contributed by atoms with E-state index in [1.54, 1.807) is 7.11 Å². The number of hydrogen-bond donors (Lipinski definition) is 1. The summed E-state index contributed by atoms with van der Waals surface area (Å²) in [5, 5.41) is 8.97. The first kappa shape index (κ1) is 14.4. The van der Waals surface area contributed by atoms with Crippen LogP contribution in [0.15, 0.2) is 0 Å². The summed E-state index contributed by atoms with van der Waals surface area (Å²) in [4.78, 5) is 15.0. The molecule has 1 atom stereocenters. The van der Waals surface area contributed by atoms with Crippen LogP contribution in [0.3, 0.4) is 0 Å². The molecule has 0 saturated heterocycles. The molecule has 0 heterocycles. The first-order valence-electron chi connectivity index (χ1n) is 6.14. The van der Waals surface area contributed by atoms with Gasteiger partial charge >= 0.3 is 5.97 Å². The molecule has 0 aliphatic heterocycles. The van der Waals surface area contributed by atoms with Crippen molar-refractivity contribution < 1.29 is 14.6 Å². The van der Waals surface area contributed by atoms with Crippen LogP contribution in [0.5, 0.6) is 0 Å². The van der Waals surface area contributed by atoms with E-state index in [1.165, 1.54) is 12.8 Å². The molecule has 0 amide bonds. The van der Waals surface area contributed by atoms with Crippen molar-refractivity contribution >= 4 is 5.97 Å². The van der Waals surface area contributed by atoms with E-state index in [0.29, 0.717) is 12.5 Å². The minimum Gasteiger partial charge on any atom is -0.480 e. The number of nitrogens with zero attached hydrogens (tertiary/aromatic N) is 2. The highest BCUT2D eigenvalue weighted by molar-refractivity contribution is 5.69. The SMILES string of the molecule is COCC(C1CC1)N(CCN(C)C)CC(=O)O. The van der Waals surface area contributed by atoms with Crippen LogP contribution >= 0.6 is 0 Å². The highest BCUT2D eigenvalue weighted by Crippen LogP contribution is 2.35. The summed E-state index contributed by atoms with van der Waals surface area (Å²) < 4.78 is 5.23. The van der Waals surface area contributed by atoms with Gasteiger partial charge in [0.15, 0.2) is 0 Å². The second-order valence-corrected chi connectivity index (χ2v) is 5.03. The van der Waals surface area contributed by atoms with E-state index < -0.39 is 5.97 Å². The van der Waals surface area contributed by atoms with Crippen LogP contribution in [0.4, 0.5) is 0 Å². The number of carboxylic acids is 1. The maximum absolute atomic E-state index is 10.9. The summed E-state index contributed by atoms with van der Waals surface area (Å²) in [6, 6.07) is 0.260. The number of methoxy groups -OCH3 is 1. The van der Waals surface area contributed by atoms with Crippen molar-refractivity contribution in [1.29, 1.82) is 0 Å². The van der Waals surface area contributed by atoms with Crippen molar-refractivity contribution in [1.82, 2.24) is 9.80 Å². The Kier molecular flexibility index (Phi) is 5.88. The van der Waals surface area contributed by atoms with Crippen LogP contribution in [0.2, 0.25) is 0 Å². The Morgan fingerprint density at radius 1 is 1.41 bits per heavy atom. The average Bonchev–Trinajstić information content (AvgIpc) is 3.04. The van der Waals surface area contributed by atoms with Gasteiger partial charge in [0.05, 0.1) is 13.2 Å². The molecule has 1 aliphatic rings. The fraction of sp³-hybridized carbons (Fsp3) is 0.917. The molecular weight excluding hydrogens is 220 g/mol. The number of carbonyl (C=O) groups is 1. The Balaban J connectivity index is 2.53. The normalized spacial score (nSPS) is 17.7. The van der Waals surface area contributed by atoms with Crippen molar-refractivity contribution in [3.05, 3.63) is 0 Å². The fourth-order valence-corrected chi connectivity index (χ4v) is 2.06. The van der Waals surface area contributed by atoms with Crippen LogP contribution < -0.4 is 0 Å². The predicted molar refractivity (Wildman–Crippen MR) is 66.2 cm³/mol. The van der Waals surface area contributed by atoms with E-state index in [9.17, 15) is 4.79 Å². The van der Waals surface area contributed by atoms with E-state index in [2.05, 4.69) is 4.90 Å². The van der Waals surface area contributed by atoms with E-state index in [0.717, 1.165) is 13.1 Å². The Hall–Kier alpha value is -0.650. The van der Waals surface area contributed by atoms with E-state index in [1.807, 2.05) is 19.0 Å². The van der Waals surface area contributed by atoms with E-state index in [-0.39, 0.29) is 12.6 Å². The highest BCUT2D eigenvalue weighted by Gasteiger charge is 2.35. The summed E-state index contributed by atoms with van der Waals surface area (Å²) in [5.74, 6) is -0.137. The van der Waals surface area contributed by atoms with Crippen LogP contribution in [0.25, 0.3) is 0 Å². The lowest BCUT2D eigenvalue weighted by Crippen LogP contribution is -2.46. The van der Waals surface area contributed by atoms with Crippen molar-refractivity contribution in [2.24, 2.45) is 5.92 Å². The van der Waals surface area contributed by atoms with Crippen LogP contribution in [0, 0.1) is 5.92 Å². The lowest BCUT2D eigenvalue weighted by molar-refractivity contribution is -0.139. The van der Waals surface area contributed by atoms with Gasteiger partial charge in [0.1, 0.15) is 0 Å². The largest absolute Gasteiger partial charge is 0.480 e. The summed E-state index contributed by atoms with van der Waals surface area (Å²) in [5.41, 5.74) is 0. The van der Waals surface area contributed by atoms with Crippen molar-refractivity contribution in [3.8, 4) is 0 Å². The first-order chi connectivity index (χ1) is 8.04. The topological polar surface area (TPSA) is 53.0 Å². The van der Waals surface area contributed by atoms with Crippen molar-refractivity contribution in [2.45, 2.75) is 18.9 Å². The molecule has 0 spiro atoms. The Bertz CT molecular complexity index is 242. The van der Waals surface area contributed by atoms with Crippen LogP contribution in [-0.4, -0.2) is 74.4 Å². The summed E-state index contributed by atoms with van der Waals surface area (Å²) >= 11 is 0. The monoisotopic (exact) mass is 244 g/mol. The number of ether oxygens (including phenoxy) is 1. The van der Waals surface area contributed by atoms with Crippen molar-refractivity contribution in [2.75, 3.05) is 47.4 Å². The third-order valence-electron chi connectivity index (χ3n) is 3.15. The standard InChI is InChI=1S/C12H24N2O3/c1-13(2)6-7-14(8-12(15)16)11(9-17-3)10-4-5-10/h10-11H,4-9H2,1-3H3,(H,15,16). The minimum atomic E-state index is -0.759. The first-order valence-corrected chi connectivity index (χ1v) is 6.14. The van der Waals surface area contributed by atoms with Crippen molar-refractivity contribution in [3.63, 3.8) is 0 Å². The maximum Gasteiger partial charge on any atom is 0.317 e. The van der Waals surface area contributed by atoms with Gasteiger partial charge < -0.3 is 14.7 Å². The minimum absolute atomic E-state index is 0.109. The Morgan fingerprint density at radius 2 is 2.06 bits per heavy atom.